The number of aliphatic carboxylic acids is 1. The monoisotopic (exact) mass is 386 g/mol. The smallest absolute Gasteiger partial charge is 0.416 e. The molecule has 0 fully saturated rings. The number of hydrogen-bond acceptors (Lipinski definition) is 3. The number of methoxy groups -OCH3 is 1. The zero-order chi connectivity index (χ0) is 19.3. The van der Waals surface area contributed by atoms with E-state index in [0.717, 1.165) is 24.5 Å². The number of ether oxygens (including phenoxy) is 2. The lowest BCUT2D eigenvalue weighted by molar-refractivity contribution is -0.137. The number of rotatable bonds is 6. The van der Waals surface area contributed by atoms with E-state index in [-0.39, 0.29) is 23.0 Å². The van der Waals surface area contributed by atoms with E-state index >= 15 is 0 Å². The first-order valence-corrected chi connectivity index (χ1v) is 7.66. The standard InChI is InChI=1S/C18H14ClF3O4/c1-25-10-14(17(23)24)13-5-3-2-4-11(13)9-26-16-7-6-12(8-15(16)19)18(20,21)22/h2-8,10H,9H2,1H3,(H,23,24)/b14-10+. The fraction of sp³-hybridized carbons (Fsp3) is 0.167. The molecule has 0 bridgehead atoms. The molecule has 0 aliphatic rings. The molecule has 0 saturated heterocycles. The van der Waals surface area contributed by atoms with Crippen LogP contribution in [0.3, 0.4) is 0 Å². The lowest BCUT2D eigenvalue weighted by atomic mass is 10.0. The second kappa shape index (κ2) is 8.14. The first kappa shape index (κ1) is 19.7. The molecule has 0 atom stereocenters. The molecule has 0 radical (unpaired) electrons. The average molecular weight is 387 g/mol. The Morgan fingerprint density at radius 2 is 1.92 bits per heavy atom. The number of benzene rings is 2. The van der Waals surface area contributed by atoms with Gasteiger partial charge in [0.2, 0.25) is 0 Å². The quantitative estimate of drug-likeness (QED) is 0.560. The molecular formula is C18H14ClF3O4. The molecular weight excluding hydrogens is 373 g/mol. The summed E-state index contributed by atoms with van der Waals surface area (Å²) < 4.78 is 48.3. The molecule has 0 unspecified atom stereocenters. The average Bonchev–Trinajstić information content (AvgIpc) is 2.58. The molecule has 0 aliphatic carbocycles. The van der Waals surface area contributed by atoms with Crippen LogP contribution in [0.25, 0.3) is 5.57 Å². The largest absolute Gasteiger partial charge is 0.503 e. The van der Waals surface area contributed by atoms with Gasteiger partial charge >= 0.3 is 12.1 Å². The van der Waals surface area contributed by atoms with Crippen molar-refractivity contribution < 1.29 is 32.5 Å². The molecule has 0 aliphatic heterocycles. The molecule has 1 N–H and O–H groups in total. The number of halogens is 4. The Bertz CT molecular complexity index is 831. The maximum absolute atomic E-state index is 12.7. The summed E-state index contributed by atoms with van der Waals surface area (Å²) in [7, 11) is 1.32. The molecule has 0 saturated carbocycles. The molecule has 0 spiro atoms. The SMILES string of the molecule is CO/C=C(/C(=O)O)c1ccccc1COc1ccc(C(F)(F)F)cc1Cl. The minimum absolute atomic E-state index is 0.0575. The molecule has 8 heteroatoms. The highest BCUT2D eigenvalue weighted by atomic mass is 35.5. The highest BCUT2D eigenvalue weighted by Crippen LogP contribution is 2.35. The van der Waals surface area contributed by atoms with Gasteiger partial charge in [-0.1, -0.05) is 35.9 Å². The van der Waals surface area contributed by atoms with Crippen molar-refractivity contribution in [2.45, 2.75) is 12.8 Å². The van der Waals surface area contributed by atoms with Gasteiger partial charge in [-0.2, -0.15) is 13.2 Å². The Labute approximate surface area is 152 Å². The van der Waals surface area contributed by atoms with E-state index in [1.54, 1.807) is 24.3 Å². The van der Waals surface area contributed by atoms with Gasteiger partial charge in [-0.15, -0.1) is 0 Å². The molecule has 2 aromatic rings. The zero-order valence-electron chi connectivity index (χ0n) is 13.5. The minimum Gasteiger partial charge on any atom is -0.503 e. The van der Waals surface area contributed by atoms with Gasteiger partial charge in [0.05, 0.1) is 24.0 Å². The topological polar surface area (TPSA) is 55.8 Å². The first-order valence-electron chi connectivity index (χ1n) is 7.28. The zero-order valence-corrected chi connectivity index (χ0v) is 14.3. The van der Waals surface area contributed by atoms with Crippen LogP contribution in [0.5, 0.6) is 5.75 Å². The Kier molecular flexibility index (Phi) is 6.15. The van der Waals surface area contributed by atoms with Crippen LogP contribution < -0.4 is 4.74 Å². The summed E-state index contributed by atoms with van der Waals surface area (Å²) in [6, 6.07) is 9.30. The van der Waals surface area contributed by atoms with Gasteiger partial charge < -0.3 is 14.6 Å². The lowest BCUT2D eigenvalue weighted by Crippen LogP contribution is -2.07. The maximum Gasteiger partial charge on any atom is 0.416 e. The van der Waals surface area contributed by atoms with Crippen molar-refractivity contribution in [3.63, 3.8) is 0 Å². The first-order chi connectivity index (χ1) is 12.2. The van der Waals surface area contributed by atoms with Crippen LogP contribution >= 0.6 is 11.6 Å². The van der Waals surface area contributed by atoms with Gasteiger partial charge in [-0.25, -0.2) is 4.79 Å². The lowest BCUT2D eigenvalue weighted by Gasteiger charge is -2.14. The number of alkyl halides is 3. The summed E-state index contributed by atoms with van der Waals surface area (Å²) in [6.07, 6.45) is -3.41. The van der Waals surface area contributed by atoms with Crippen molar-refractivity contribution in [3.8, 4) is 5.75 Å². The van der Waals surface area contributed by atoms with E-state index in [1.165, 1.54) is 7.11 Å². The van der Waals surface area contributed by atoms with Crippen LogP contribution in [0, 0.1) is 0 Å². The molecule has 0 amide bonds. The summed E-state index contributed by atoms with van der Waals surface area (Å²) in [5.41, 5.74) is -0.0873. The van der Waals surface area contributed by atoms with E-state index in [4.69, 9.17) is 21.1 Å². The highest BCUT2D eigenvalue weighted by Gasteiger charge is 2.31. The summed E-state index contributed by atoms with van der Waals surface area (Å²) in [5.74, 6) is -1.13. The van der Waals surface area contributed by atoms with E-state index in [9.17, 15) is 23.1 Å². The third-order valence-electron chi connectivity index (χ3n) is 3.42. The molecule has 0 heterocycles. The van der Waals surface area contributed by atoms with Crippen LogP contribution in [0.4, 0.5) is 13.2 Å². The number of carboxylic acid groups (broad SMARTS) is 1. The third kappa shape index (κ3) is 4.70. The van der Waals surface area contributed by atoms with Crippen molar-refractivity contribution in [2.24, 2.45) is 0 Å². The van der Waals surface area contributed by atoms with Crippen LogP contribution in [-0.4, -0.2) is 18.2 Å². The van der Waals surface area contributed by atoms with E-state index in [2.05, 4.69) is 0 Å². The fourth-order valence-corrected chi connectivity index (χ4v) is 2.44. The summed E-state index contributed by atoms with van der Waals surface area (Å²) in [6.45, 7) is -0.0877. The van der Waals surface area contributed by atoms with E-state index in [0.29, 0.717) is 11.1 Å². The summed E-state index contributed by atoms with van der Waals surface area (Å²) in [4.78, 5) is 11.4. The van der Waals surface area contributed by atoms with Crippen molar-refractivity contribution in [2.75, 3.05) is 7.11 Å². The van der Waals surface area contributed by atoms with Crippen LogP contribution in [-0.2, 0) is 22.3 Å². The molecule has 0 aromatic heterocycles. The second-order valence-electron chi connectivity index (χ2n) is 5.16. The van der Waals surface area contributed by atoms with Gasteiger partial charge in [0, 0.05) is 0 Å². The Balaban J connectivity index is 2.26. The molecule has 2 rings (SSSR count). The van der Waals surface area contributed by atoms with Crippen LogP contribution in [0.2, 0.25) is 5.02 Å². The number of hydrogen-bond donors (Lipinski definition) is 1. The van der Waals surface area contributed by atoms with Gasteiger partial charge in [-0.05, 0) is 29.3 Å². The second-order valence-corrected chi connectivity index (χ2v) is 5.57. The van der Waals surface area contributed by atoms with Gasteiger partial charge in [-0.3, -0.25) is 0 Å². The third-order valence-corrected chi connectivity index (χ3v) is 3.71. The highest BCUT2D eigenvalue weighted by molar-refractivity contribution is 6.32. The van der Waals surface area contributed by atoms with Crippen molar-refractivity contribution in [1.29, 1.82) is 0 Å². The molecule has 138 valence electrons. The van der Waals surface area contributed by atoms with Gasteiger partial charge in [0.15, 0.2) is 0 Å². The Morgan fingerprint density at radius 1 is 1.23 bits per heavy atom. The van der Waals surface area contributed by atoms with Crippen LogP contribution in [0.1, 0.15) is 16.7 Å². The van der Waals surface area contributed by atoms with Crippen LogP contribution in [0.15, 0.2) is 48.7 Å². The maximum atomic E-state index is 12.7. The number of carbonyl (C=O) groups is 1. The van der Waals surface area contributed by atoms with E-state index < -0.39 is 17.7 Å². The minimum atomic E-state index is -4.50. The van der Waals surface area contributed by atoms with E-state index in [1.807, 2.05) is 0 Å². The molecule has 2 aromatic carbocycles. The van der Waals surface area contributed by atoms with Crippen molar-refractivity contribution in [1.82, 2.24) is 0 Å². The predicted octanol–water partition coefficient (Wildman–Crippen LogP) is 5.01. The predicted molar refractivity (Wildman–Crippen MR) is 89.8 cm³/mol. The van der Waals surface area contributed by atoms with Gasteiger partial charge in [0.25, 0.3) is 0 Å². The van der Waals surface area contributed by atoms with Crippen molar-refractivity contribution in [3.05, 3.63) is 70.4 Å². The Morgan fingerprint density at radius 3 is 2.50 bits per heavy atom. The fourth-order valence-electron chi connectivity index (χ4n) is 2.21. The normalized spacial score (nSPS) is 12.0. The number of carboxylic acids is 1. The Hall–Kier alpha value is -2.67. The molecule has 4 nitrogen and oxygen atoms in total. The molecule has 26 heavy (non-hydrogen) atoms. The summed E-state index contributed by atoms with van der Waals surface area (Å²) in [5, 5.41) is 9.11. The summed E-state index contributed by atoms with van der Waals surface area (Å²) >= 11 is 5.85. The van der Waals surface area contributed by atoms with Crippen molar-refractivity contribution >= 4 is 23.1 Å². The van der Waals surface area contributed by atoms with Gasteiger partial charge in [0.1, 0.15) is 17.9 Å².